The summed E-state index contributed by atoms with van der Waals surface area (Å²) in [5.74, 6) is 0. The van der Waals surface area contributed by atoms with Gasteiger partial charge in [-0.25, -0.2) is 0 Å². The van der Waals surface area contributed by atoms with Crippen molar-refractivity contribution in [2.24, 2.45) is 75.8 Å². The molecule has 0 aromatic carbocycles. The number of hydrogen-bond acceptors (Lipinski definition) is 0. The minimum Gasteiger partial charge on any atom is -0.0656 e. The third-order valence-electron chi connectivity index (χ3n) is 32.3. The zero-order valence-electron chi connectivity index (χ0n) is 80.0. The summed E-state index contributed by atoms with van der Waals surface area (Å²) < 4.78 is 0. The van der Waals surface area contributed by atoms with Crippen molar-refractivity contribution in [1.29, 1.82) is 0 Å². The molecule has 0 rings (SSSR count). The van der Waals surface area contributed by atoms with Crippen LogP contribution >= 0.6 is 0 Å². The van der Waals surface area contributed by atoms with Gasteiger partial charge in [0.2, 0.25) is 0 Å². The second kappa shape index (κ2) is 59.0. The van der Waals surface area contributed by atoms with E-state index in [9.17, 15) is 0 Å². The summed E-state index contributed by atoms with van der Waals surface area (Å²) in [5, 5.41) is 0. The Bertz CT molecular complexity index is 1530. The van der Waals surface area contributed by atoms with E-state index >= 15 is 0 Å². The van der Waals surface area contributed by atoms with Crippen LogP contribution in [-0.4, -0.2) is 0 Å². The lowest BCUT2D eigenvalue weighted by molar-refractivity contribution is 0.0579. The molecule has 0 unspecified atom stereocenters. The fourth-order valence-electron chi connectivity index (χ4n) is 16.9. The summed E-state index contributed by atoms with van der Waals surface area (Å²) in [6.45, 7) is 104. The van der Waals surface area contributed by atoms with E-state index in [0.29, 0.717) is 75.8 Å². The lowest BCUT2D eigenvalue weighted by Gasteiger charge is -2.45. The zero-order chi connectivity index (χ0) is 80.0. The molecule has 0 aromatic rings. The Morgan fingerprint density at radius 3 is 0.323 bits per heavy atom. The van der Waals surface area contributed by atoms with Crippen molar-refractivity contribution in [2.75, 3.05) is 0 Å². The van der Waals surface area contributed by atoms with Crippen molar-refractivity contribution < 1.29 is 0 Å². The molecule has 0 nitrogen and oxygen atoms in total. The van der Waals surface area contributed by atoms with E-state index in [1.54, 1.807) is 0 Å². The van der Waals surface area contributed by atoms with Gasteiger partial charge in [0.1, 0.15) is 0 Å². The first-order chi connectivity index (χ1) is 45.9. The number of rotatable bonds is 47. The van der Waals surface area contributed by atoms with Crippen molar-refractivity contribution in [2.45, 2.75) is 568 Å². The monoisotopic (exact) mass is 1400 g/mol. The van der Waals surface area contributed by atoms with Gasteiger partial charge in [-0.1, -0.05) is 523 Å². The molecule has 0 bridgehead atoms. The van der Waals surface area contributed by atoms with Gasteiger partial charge in [0, 0.05) is 0 Å². The molecule has 0 fully saturated rings. The molecule has 0 heterocycles. The van der Waals surface area contributed by atoms with Gasteiger partial charge in [0.05, 0.1) is 0 Å². The highest BCUT2D eigenvalue weighted by Crippen LogP contribution is 2.53. The van der Waals surface area contributed by atoms with Crippen LogP contribution in [0.15, 0.2) is 0 Å². The van der Waals surface area contributed by atoms with Gasteiger partial charge < -0.3 is 0 Å². The highest BCUT2D eigenvalue weighted by Gasteiger charge is 2.41. The first kappa shape index (κ1) is 115. The smallest absolute Gasteiger partial charge is 0.0292 e. The predicted molar refractivity (Wildman–Crippen MR) is 473 cm³/mol. The van der Waals surface area contributed by atoms with E-state index in [-0.39, 0.29) is 0 Å². The highest BCUT2D eigenvalue weighted by atomic mass is 14.5. The SMILES string of the molecule is CCC.CCC(C)(CC)CC.CCC(C)(CC)CC(C)(CC)CC.CCC(C)(CC)CC(C)(CC)CC(C)(CC)CC.CCC(C)(CC)CC(CC)(CC)CC.CCC(C)(CC)CC(CC)(CC)CC(C)(CC)CC.CCC(CC)(CC)CC.CCC(CC)(CC)CC(CC)(CC)CC. The fraction of sp³-hybridized carbons (Fsp3) is 1.00. The summed E-state index contributed by atoms with van der Waals surface area (Å²) in [4.78, 5) is 0. The van der Waals surface area contributed by atoms with Gasteiger partial charge in [-0.15, -0.1) is 0 Å². The van der Waals surface area contributed by atoms with Gasteiger partial charge in [0.15, 0.2) is 0 Å². The average molecular weight is 1400 g/mol. The van der Waals surface area contributed by atoms with Gasteiger partial charge in [-0.05, 0) is 121 Å². The Labute approximate surface area is 640 Å². The van der Waals surface area contributed by atoms with Crippen LogP contribution in [0.2, 0.25) is 0 Å². The standard InChI is InChI=1S/C19H40.C18H38.C15H32.C14H30.C13H28.C9H20.C8H18.C3H8/c1-9-17(7,10-2)15-19(13-5,14-6)16-18(8,11-3)12-4;1-9-16(6,10-2)14-18(8,13-5)15-17(7,11-3)12-4;1-7-14(8-2,9-3)13-15(10-4,11-5)12-6;1-7-13(6,8-2)12-14(9-3,10-4)11-5;1-7-12(5,8-2)11-13(6,9-3)10-4;1-5-9(6-2,7-3)8-4;1-5-8(4,6-2)7-3;1-3-2/h9-16H2,1-8H3;9-15H2,1-8H3;7-13H2,1-6H3;7-12H2,1-6H3;7-11H2,1-6H3;5-8H2,1-4H3;5-7H2,1-4H3;3H2,1-2H3. The predicted octanol–water partition coefficient (Wildman–Crippen LogP) is 38.6. The van der Waals surface area contributed by atoms with Gasteiger partial charge in [0.25, 0.3) is 0 Å². The zero-order valence-corrected chi connectivity index (χ0v) is 80.0. The molecule has 0 aliphatic rings. The van der Waals surface area contributed by atoms with Crippen LogP contribution in [0.5, 0.6) is 0 Å². The first-order valence-corrected chi connectivity index (χ1v) is 45.9. The van der Waals surface area contributed by atoms with E-state index in [0.717, 1.165) is 0 Å². The van der Waals surface area contributed by atoms with Gasteiger partial charge >= 0.3 is 0 Å². The molecular weight excluding hydrogens is 1190 g/mol. The molecule has 610 valence electrons. The molecule has 0 aliphatic heterocycles. The molecule has 0 heteroatoms. The third kappa shape index (κ3) is 45.4. The second-order valence-electron chi connectivity index (χ2n) is 37.4. The van der Waals surface area contributed by atoms with Crippen molar-refractivity contribution in [1.82, 2.24) is 0 Å². The van der Waals surface area contributed by atoms with Crippen molar-refractivity contribution >= 4 is 0 Å². The molecule has 0 N–H and O–H groups in total. The van der Waals surface area contributed by atoms with Crippen LogP contribution in [0, 0.1) is 75.8 Å². The quantitative estimate of drug-likeness (QED) is 0.0570. The van der Waals surface area contributed by atoms with Gasteiger partial charge in [-0.3, -0.25) is 0 Å². The molecule has 0 saturated heterocycles. The van der Waals surface area contributed by atoms with E-state index in [2.05, 4.69) is 305 Å². The normalized spacial score (nSPS) is 13.1. The van der Waals surface area contributed by atoms with Crippen molar-refractivity contribution in [3.05, 3.63) is 0 Å². The van der Waals surface area contributed by atoms with E-state index in [1.165, 1.54) is 263 Å². The molecule has 0 atom stereocenters. The van der Waals surface area contributed by atoms with Crippen LogP contribution in [-0.2, 0) is 0 Å². The fourth-order valence-corrected chi connectivity index (χ4v) is 16.9. The van der Waals surface area contributed by atoms with Crippen LogP contribution in [0.25, 0.3) is 0 Å². The summed E-state index contributed by atoms with van der Waals surface area (Å²) in [6.07, 6.45) is 55.0. The summed E-state index contributed by atoms with van der Waals surface area (Å²) >= 11 is 0. The van der Waals surface area contributed by atoms with Crippen molar-refractivity contribution in [3.63, 3.8) is 0 Å². The molecule has 0 radical (unpaired) electrons. The topological polar surface area (TPSA) is 0 Å². The average Bonchev–Trinajstić information content (AvgIpc) is 0.837. The van der Waals surface area contributed by atoms with Crippen molar-refractivity contribution in [3.8, 4) is 0 Å². The highest BCUT2D eigenvalue weighted by molar-refractivity contribution is 4.92. The molecular formula is C99H214. The summed E-state index contributed by atoms with van der Waals surface area (Å²) in [6, 6.07) is 0. The van der Waals surface area contributed by atoms with E-state index in [1.807, 2.05) is 0 Å². The second-order valence-corrected chi connectivity index (χ2v) is 37.4. The number of hydrogen-bond donors (Lipinski definition) is 0. The van der Waals surface area contributed by atoms with Crippen LogP contribution in [0.1, 0.15) is 568 Å². The minimum absolute atomic E-state index is 0.515. The van der Waals surface area contributed by atoms with Crippen LogP contribution < -0.4 is 0 Å². The largest absolute Gasteiger partial charge is 0.0656 e. The minimum atomic E-state index is 0.515. The maximum Gasteiger partial charge on any atom is -0.0292 e. The summed E-state index contributed by atoms with van der Waals surface area (Å²) in [5.41, 5.74) is 8.06. The molecule has 0 spiro atoms. The molecule has 0 amide bonds. The van der Waals surface area contributed by atoms with Crippen LogP contribution in [0.3, 0.4) is 0 Å². The van der Waals surface area contributed by atoms with Gasteiger partial charge in [-0.2, -0.15) is 0 Å². The van der Waals surface area contributed by atoms with E-state index in [4.69, 9.17) is 0 Å². The Hall–Kier alpha value is 0. The lowest BCUT2D eigenvalue weighted by atomic mass is 9.60. The summed E-state index contributed by atoms with van der Waals surface area (Å²) in [7, 11) is 0. The van der Waals surface area contributed by atoms with Crippen LogP contribution in [0.4, 0.5) is 0 Å². The third-order valence-corrected chi connectivity index (χ3v) is 32.3. The Morgan fingerprint density at radius 2 is 0.212 bits per heavy atom. The maximum atomic E-state index is 2.53. The Morgan fingerprint density at radius 1 is 0.101 bits per heavy atom. The molecule has 0 aromatic heterocycles. The maximum absolute atomic E-state index is 2.53. The lowest BCUT2D eigenvalue weighted by Crippen LogP contribution is -2.34. The molecule has 99 heavy (non-hydrogen) atoms. The molecule has 0 saturated carbocycles. The first-order valence-electron chi connectivity index (χ1n) is 45.9. The van der Waals surface area contributed by atoms with E-state index < -0.39 is 0 Å². The molecule has 0 aliphatic carbocycles. The Balaban J connectivity index is -0.000000164. The Kier molecular flexibility index (Phi) is 68.4.